The van der Waals surface area contributed by atoms with Gasteiger partial charge in [0.25, 0.3) is 5.91 Å². The number of amides is 1. The zero-order valence-electron chi connectivity index (χ0n) is 13.2. The molecule has 1 aromatic heterocycles. The Morgan fingerprint density at radius 1 is 1.04 bits per heavy atom. The fraction of sp³-hybridized carbons (Fsp3) is 0.211. The maximum Gasteiger partial charge on any atom is 0.284 e. The fourth-order valence-electron chi connectivity index (χ4n) is 3.09. The van der Waals surface area contributed by atoms with Gasteiger partial charge in [0.2, 0.25) is 0 Å². The van der Waals surface area contributed by atoms with Gasteiger partial charge in [-0.25, -0.2) is 0 Å². The standard InChI is InChI=1S/C19H18N2O3/c20-19(22)17-12-14-2-1-3-16(18(14)24-17)13-4-6-15(7-5-13)21-8-10-23-11-9-21/h1-7,12H,8-11H2,(H2,20,22). The van der Waals surface area contributed by atoms with Gasteiger partial charge < -0.3 is 19.8 Å². The summed E-state index contributed by atoms with van der Waals surface area (Å²) < 4.78 is 11.1. The molecule has 0 atom stereocenters. The second-order valence-electron chi connectivity index (χ2n) is 5.85. The lowest BCUT2D eigenvalue weighted by Gasteiger charge is -2.28. The summed E-state index contributed by atoms with van der Waals surface area (Å²) in [6.45, 7) is 3.36. The first-order chi connectivity index (χ1) is 11.7. The van der Waals surface area contributed by atoms with Crippen LogP contribution in [0.5, 0.6) is 0 Å². The second kappa shape index (κ2) is 6.02. The minimum absolute atomic E-state index is 0.183. The number of furan rings is 1. The Labute approximate surface area is 139 Å². The molecule has 1 amide bonds. The molecule has 0 bridgehead atoms. The van der Waals surface area contributed by atoms with Crippen LogP contribution in [0.3, 0.4) is 0 Å². The highest BCUT2D eigenvalue weighted by atomic mass is 16.5. The Balaban J connectivity index is 1.70. The van der Waals surface area contributed by atoms with Crippen LogP contribution in [0.1, 0.15) is 10.6 Å². The molecule has 2 aromatic carbocycles. The van der Waals surface area contributed by atoms with Crippen molar-refractivity contribution in [3.8, 4) is 11.1 Å². The van der Waals surface area contributed by atoms with Crippen molar-refractivity contribution in [1.29, 1.82) is 0 Å². The van der Waals surface area contributed by atoms with Gasteiger partial charge in [-0.05, 0) is 23.8 Å². The fourth-order valence-corrected chi connectivity index (χ4v) is 3.09. The van der Waals surface area contributed by atoms with E-state index in [1.54, 1.807) is 6.07 Å². The topological polar surface area (TPSA) is 68.7 Å². The molecule has 1 aliphatic rings. The van der Waals surface area contributed by atoms with Crippen LogP contribution in [0, 0.1) is 0 Å². The van der Waals surface area contributed by atoms with Crippen LogP contribution in [0.2, 0.25) is 0 Å². The highest BCUT2D eigenvalue weighted by Crippen LogP contribution is 2.32. The number of ether oxygens (including phenoxy) is 1. The first-order valence-corrected chi connectivity index (χ1v) is 7.98. The third kappa shape index (κ3) is 2.63. The first-order valence-electron chi connectivity index (χ1n) is 7.98. The van der Waals surface area contributed by atoms with E-state index in [0.717, 1.165) is 42.8 Å². The lowest BCUT2D eigenvalue weighted by molar-refractivity contribution is 0.0976. The number of nitrogens with two attached hydrogens (primary N) is 1. The minimum atomic E-state index is -0.556. The molecule has 5 nitrogen and oxygen atoms in total. The van der Waals surface area contributed by atoms with E-state index in [-0.39, 0.29) is 5.76 Å². The van der Waals surface area contributed by atoms with Crippen LogP contribution in [-0.2, 0) is 4.74 Å². The number of primary amides is 1. The van der Waals surface area contributed by atoms with E-state index in [2.05, 4.69) is 29.2 Å². The van der Waals surface area contributed by atoms with Crippen molar-refractivity contribution >= 4 is 22.6 Å². The van der Waals surface area contributed by atoms with Gasteiger partial charge in [0.1, 0.15) is 5.58 Å². The highest BCUT2D eigenvalue weighted by molar-refractivity contribution is 5.99. The number of fused-ring (bicyclic) bond motifs is 1. The molecule has 0 unspecified atom stereocenters. The molecule has 24 heavy (non-hydrogen) atoms. The van der Waals surface area contributed by atoms with Crippen LogP contribution in [-0.4, -0.2) is 32.2 Å². The molecule has 5 heteroatoms. The second-order valence-corrected chi connectivity index (χ2v) is 5.85. The Kier molecular flexibility index (Phi) is 3.70. The number of para-hydroxylation sites is 1. The average molecular weight is 322 g/mol. The van der Waals surface area contributed by atoms with Crippen molar-refractivity contribution in [3.05, 3.63) is 54.3 Å². The van der Waals surface area contributed by atoms with E-state index in [0.29, 0.717) is 5.58 Å². The number of hydrogen-bond donors (Lipinski definition) is 1. The van der Waals surface area contributed by atoms with Gasteiger partial charge in [0.05, 0.1) is 13.2 Å². The largest absolute Gasteiger partial charge is 0.450 e. The molecule has 122 valence electrons. The van der Waals surface area contributed by atoms with E-state index in [9.17, 15) is 4.79 Å². The van der Waals surface area contributed by atoms with E-state index in [4.69, 9.17) is 14.9 Å². The highest BCUT2D eigenvalue weighted by Gasteiger charge is 2.14. The van der Waals surface area contributed by atoms with Gasteiger partial charge in [-0.15, -0.1) is 0 Å². The summed E-state index contributed by atoms with van der Waals surface area (Å²) in [5, 5.41) is 0.874. The maximum absolute atomic E-state index is 11.4. The summed E-state index contributed by atoms with van der Waals surface area (Å²) in [6.07, 6.45) is 0. The molecular weight excluding hydrogens is 304 g/mol. The lowest BCUT2D eigenvalue weighted by Crippen LogP contribution is -2.36. The molecule has 0 spiro atoms. The number of carbonyl (C=O) groups is 1. The molecule has 4 rings (SSSR count). The number of carbonyl (C=O) groups excluding carboxylic acids is 1. The lowest BCUT2D eigenvalue weighted by atomic mass is 10.0. The predicted molar refractivity (Wildman–Crippen MR) is 93.2 cm³/mol. The molecule has 0 saturated carbocycles. The van der Waals surface area contributed by atoms with Crippen LogP contribution in [0.4, 0.5) is 5.69 Å². The van der Waals surface area contributed by atoms with Gasteiger partial charge >= 0.3 is 0 Å². The summed E-state index contributed by atoms with van der Waals surface area (Å²) in [7, 11) is 0. The summed E-state index contributed by atoms with van der Waals surface area (Å²) in [5.74, 6) is -0.373. The normalized spacial score (nSPS) is 14.9. The van der Waals surface area contributed by atoms with Gasteiger partial charge in [-0.1, -0.05) is 30.3 Å². The third-order valence-corrected chi connectivity index (χ3v) is 4.34. The van der Waals surface area contributed by atoms with Crippen molar-refractivity contribution in [2.75, 3.05) is 31.2 Å². The molecule has 2 heterocycles. The predicted octanol–water partition coefficient (Wildman–Crippen LogP) is 3.04. The van der Waals surface area contributed by atoms with Gasteiger partial charge in [-0.3, -0.25) is 4.79 Å². The van der Waals surface area contributed by atoms with Gasteiger partial charge in [0.15, 0.2) is 5.76 Å². The van der Waals surface area contributed by atoms with Crippen LogP contribution < -0.4 is 10.6 Å². The summed E-state index contributed by atoms with van der Waals surface area (Å²) >= 11 is 0. The molecule has 1 aliphatic heterocycles. The quantitative estimate of drug-likeness (QED) is 0.805. The smallest absolute Gasteiger partial charge is 0.284 e. The summed E-state index contributed by atoms with van der Waals surface area (Å²) in [6, 6.07) is 15.9. The Hall–Kier alpha value is -2.79. The van der Waals surface area contributed by atoms with Crippen molar-refractivity contribution in [3.63, 3.8) is 0 Å². The van der Waals surface area contributed by atoms with Crippen molar-refractivity contribution in [1.82, 2.24) is 0 Å². The number of nitrogens with zero attached hydrogens (tertiary/aromatic N) is 1. The zero-order valence-corrected chi connectivity index (χ0v) is 13.2. The monoisotopic (exact) mass is 322 g/mol. The van der Waals surface area contributed by atoms with Crippen molar-refractivity contribution < 1.29 is 13.9 Å². The molecule has 1 saturated heterocycles. The number of hydrogen-bond acceptors (Lipinski definition) is 4. The Morgan fingerprint density at radius 3 is 2.50 bits per heavy atom. The van der Waals surface area contributed by atoms with Crippen molar-refractivity contribution in [2.24, 2.45) is 5.73 Å². The molecule has 2 N–H and O–H groups in total. The molecule has 1 fully saturated rings. The van der Waals surface area contributed by atoms with E-state index < -0.39 is 5.91 Å². The zero-order chi connectivity index (χ0) is 16.5. The third-order valence-electron chi connectivity index (χ3n) is 4.34. The van der Waals surface area contributed by atoms with Gasteiger partial charge in [0, 0.05) is 29.7 Å². The minimum Gasteiger partial charge on any atom is -0.450 e. The van der Waals surface area contributed by atoms with Crippen LogP contribution >= 0.6 is 0 Å². The van der Waals surface area contributed by atoms with Gasteiger partial charge in [-0.2, -0.15) is 0 Å². The van der Waals surface area contributed by atoms with E-state index in [1.165, 1.54) is 5.69 Å². The molecular formula is C19H18N2O3. The Morgan fingerprint density at radius 2 is 1.79 bits per heavy atom. The molecule has 0 aliphatic carbocycles. The van der Waals surface area contributed by atoms with E-state index >= 15 is 0 Å². The summed E-state index contributed by atoms with van der Waals surface area (Å²) in [5.41, 5.74) is 9.19. The van der Waals surface area contributed by atoms with E-state index in [1.807, 2.05) is 18.2 Å². The SMILES string of the molecule is NC(=O)c1cc2cccc(-c3ccc(N4CCOCC4)cc3)c2o1. The average Bonchev–Trinajstić information content (AvgIpc) is 3.07. The first kappa shape index (κ1) is 14.8. The number of rotatable bonds is 3. The van der Waals surface area contributed by atoms with Crippen molar-refractivity contribution in [2.45, 2.75) is 0 Å². The maximum atomic E-state index is 11.4. The Bertz CT molecular complexity index is 877. The summed E-state index contributed by atoms with van der Waals surface area (Å²) in [4.78, 5) is 13.7. The number of benzene rings is 2. The number of morpholine rings is 1. The number of anilines is 1. The van der Waals surface area contributed by atoms with Crippen LogP contribution in [0.15, 0.2) is 52.9 Å². The molecule has 3 aromatic rings. The van der Waals surface area contributed by atoms with Crippen LogP contribution in [0.25, 0.3) is 22.1 Å². The molecule has 0 radical (unpaired) electrons.